The predicted molar refractivity (Wildman–Crippen MR) is 69.1 cm³/mol. The van der Waals surface area contributed by atoms with Crippen LogP contribution in [0, 0.1) is 12.7 Å². The van der Waals surface area contributed by atoms with E-state index in [4.69, 9.17) is 0 Å². The molecule has 1 heterocycles. The van der Waals surface area contributed by atoms with Gasteiger partial charge in [0.05, 0.1) is 11.4 Å². The fourth-order valence-electron chi connectivity index (χ4n) is 1.29. The summed E-state index contributed by atoms with van der Waals surface area (Å²) in [5, 5.41) is 6.90. The molecule has 0 atom stereocenters. The number of nitrogens with zero attached hydrogens (tertiary/aromatic N) is 2. The Balaban J connectivity index is 2.09. The molecule has 0 aliphatic carbocycles. The summed E-state index contributed by atoms with van der Waals surface area (Å²) in [6.45, 7) is 3.79. The summed E-state index contributed by atoms with van der Waals surface area (Å²) in [6, 6.07) is 6.23. The highest BCUT2D eigenvalue weighted by Gasteiger charge is 1.99. The van der Waals surface area contributed by atoms with Gasteiger partial charge in [-0.25, -0.2) is 9.37 Å². The van der Waals surface area contributed by atoms with Gasteiger partial charge in [0.2, 0.25) is 5.13 Å². The summed E-state index contributed by atoms with van der Waals surface area (Å²) >= 11 is 1.50. The molecule has 0 aliphatic heterocycles. The molecule has 0 saturated heterocycles. The fourth-order valence-corrected chi connectivity index (χ4v) is 1.92. The molecule has 2 aromatic rings. The minimum absolute atomic E-state index is 0.245. The summed E-state index contributed by atoms with van der Waals surface area (Å²) in [6.07, 6.45) is 0. The lowest BCUT2D eigenvalue weighted by molar-refractivity contribution is 0.628. The van der Waals surface area contributed by atoms with E-state index in [1.165, 1.54) is 23.5 Å². The Morgan fingerprint density at radius 3 is 2.65 bits per heavy atom. The molecule has 88 valence electrons. The third kappa shape index (κ3) is 3.10. The van der Waals surface area contributed by atoms with E-state index in [0.29, 0.717) is 0 Å². The highest BCUT2D eigenvalue weighted by Crippen LogP contribution is 2.14. The maximum atomic E-state index is 12.7. The van der Waals surface area contributed by atoms with Crippen LogP contribution in [-0.4, -0.2) is 10.7 Å². The molecule has 0 bridgehead atoms. The van der Waals surface area contributed by atoms with E-state index >= 15 is 0 Å². The maximum absolute atomic E-state index is 12.7. The average Bonchev–Trinajstić information content (AvgIpc) is 2.73. The number of rotatable bonds is 3. The van der Waals surface area contributed by atoms with Crippen molar-refractivity contribution in [2.24, 2.45) is 5.10 Å². The van der Waals surface area contributed by atoms with Gasteiger partial charge in [0.1, 0.15) is 5.82 Å². The van der Waals surface area contributed by atoms with Crippen LogP contribution in [0.5, 0.6) is 0 Å². The molecule has 0 spiro atoms. The van der Waals surface area contributed by atoms with Crippen LogP contribution >= 0.6 is 11.3 Å². The van der Waals surface area contributed by atoms with Crippen LogP contribution < -0.4 is 5.43 Å². The Bertz CT molecular complexity index is 531. The smallest absolute Gasteiger partial charge is 0.203 e. The third-order valence-electron chi connectivity index (χ3n) is 2.20. The number of aromatic nitrogens is 1. The van der Waals surface area contributed by atoms with Gasteiger partial charge in [0, 0.05) is 5.38 Å². The molecule has 1 N–H and O–H groups in total. The quantitative estimate of drug-likeness (QED) is 0.668. The van der Waals surface area contributed by atoms with Gasteiger partial charge < -0.3 is 0 Å². The zero-order valence-electron chi connectivity index (χ0n) is 9.57. The number of hydrogen-bond acceptors (Lipinski definition) is 4. The number of hydrazone groups is 1. The second-order valence-corrected chi connectivity index (χ2v) is 4.47. The van der Waals surface area contributed by atoms with Crippen molar-refractivity contribution in [2.45, 2.75) is 13.8 Å². The van der Waals surface area contributed by atoms with Crippen molar-refractivity contribution in [3.8, 4) is 0 Å². The van der Waals surface area contributed by atoms with Crippen molar-refractivity contribution in [1.82, 2.24) is 4.98 Å². The van der Waals surface area contributed by atoms with Crippen LogP contribution in [0.1, 0.15) is 18.2 Å². The number of hydrogen-bond donors (Lipinski definition) is 1. The van der Waals surface area contributed by atoms with Crippen molar-refractivity contribution in [3.63, 3.8) is 0 Å². The number of nitrogens with one attached hydrogen (secondary N) is 1. The van der Waals surface area contributed by atoms with Crippen molar-refractivity contribution >= 4 is 22.2 Å². The SMILES string of the molecule is C/C(=N\Nc1nc(C)cs1)c1ccc(F)cc1. The standard InChI is InChI=1S/C12H12FN3S/c1-8-7-17-12(14-8)16-15-9(2)10-3-5-11(13)6-4-10/h3-7H,1-2H3,(H,14,16)/b15-9+. The lowest BCUT2D eigenvalue weighted by atomic mass is 10.1. The summed E-state index contributed by atoms with van der Waals surface area (Å²) < 4.78 is 12.7. The van der Waals surface area contributed by atoms with Crippen molar-refractivity contribution in [3.05, 3.63) is 46.7 Å². The van der Waals surface area contributed by atoms with Gasteiger partial charge in [-0.15, -0.1) is 11.3 Å². The van der Waals surface area contributed by atoms with Crippen molar-refractivity contribution in [2.75, 3.05) is 5.43 Å². The van der Waals surface area contributed by atoms with E-state index in [1.54, 1.807) is 12.1 Å². The topological polar surface area (TPSA) is 37.3 Å². The van der Waals surface area contributed by atoms with Gasteiger partial charge in [-0.05, 0) is 31.5 Å². The second-order valence-electron chi connectivity index (χ2n) is 3.61. The molecule has 2 rings (SSSR count). The van der Waals surface area contributed by atoms with Crippen molar-refractivity contribution < 1.29 is 4.39 Å². The van der Waals surface area contributed by atoms with E-state index in [1.807, 2.05) is 19.2 Å². The van der Waals surface area contributed by atoms with Crippen LogP contribution in [0.25, 0.3) is 0 Å². The summed E-state index contributed by atoms with van der Waals surface area (Å²) in [5.41, 5.74) is 5.52. The third-order valence-corrected chi connectivity index (χ3v) is 3.07. The highest BCUT2D eigenvalue weighted by molar-refractivity contribution is 7.13. The Labute approximate surface area is 103 Å². The van der Waals surface area contributed by atoms with Crippen LogP contribution in [-0.2, 0) is 0 Å². The lowest BCUT2D eigenvalue weighted by Gasteiger charge is -2.00. The van der Waals surface area contributed by atoms with Crippen molar-refractivity contribution in [1.29, 1.82) is 0 Å². The normalized spacial score (nSPS) is 11.6. The molecule has 17 heavy (non-hydrogen) atoms. The van der Waals surface area contributed by atoms with E-state index in [2.05, 4.69) is 15.5 Å². The summed E-state index contributed by atoms with van der Waals surface area (Å²) in [5.74, 6) is -0.245. The number of anilines is 1. The number of benzene rings is 1. The van der Waals surface area contributed by atoms with Gasteiger partial charge in [0.25, 0.3) is 0 Å². The molecule has 0 amide bonds. The van der Waals surface area contributed by atoms with Gasteiger partial charge in [-0.3, -0.25) is 5.43 Å². The Kier molecular flexibility index (Phi) is 3.49. The van der Waals surface area contributed by atoms with E-state index in [-0.39, 0.29) is 5.82 Å². The molecule has 1 aromatic heterocycles. The Morgan fingerprint density at radius 1 is 1.35 bits per heavy atom. The molecular formula is C12H12FN3S. The van der Waals surface area contributed by atoms with Crippen LogP contribution in [0.15, 0.2) is 34.7 Å². The molecule has 0 fully saturated rings. The maximum Gasteiger partial charge on any atom is 0.203 e. The molecule has 1 aromatic carbocycles. The lowest BCUT2D eigenvalue weighted by Crippen LogP contribution is -1.99. The molecule has 0 unspecified atom stereocenters. The Morgan fingerprint density at radius 2 is 2.06 bits per heavy atom. The van der Waals surface area contributed by atoms with Gasteiger partial charge in [-0.2, -0.15) is 5.10 Å². The summed E-state index contributed by atoms with van der Waals surface area (Å²) in [4.78, 5) is 4.23. The number of thiazole rings is 1. The molecule has 3 nitrogen and oxygen atoms in total. The fraction of sp³-hybridized carbons (Fsp3) is 0.167. The zero-order valence-corrected chi connectivity index (χ0v) is 10.4. The van der Waals surface area contributed by atoms with Gasteiger partial charge >= 0.3 is 0 Å². The van der Waals surface area contributed by atoms with Gasteiger partial charge in [0.15, 0.2) is 0 Å². The van der Waals surface area contributed by atoms with Gasteiger partial charge in [-0.1, -0.05) is 12.1 Å². The van der Waals surface area contributed by atoms with E-state index in [0.717, 1.165) is 22.1 Å². The number of halogens is 1. The minimum atomic E-state index is -0.245. The first-order valence-corrected chi connectivity index (χ1v) is 6.01. The molecule has 0 saturated carbocycles. The van der Waals surface area contributed by atoms with Crippen LogP contribution in [0.2, 0.25) is 0 Å². The minimum Gasteiger partial charge on any atom is -0.252 e. The van der Waals surface area contributed by atoms with Crippen LogP contribution in [0.3, 0.4) is 0 Å². The number of aryl methyl sites for hydroxylation is 1. The van der Waals surface area contributed by atoms with E-state index < -0.39 is 0 Å². The largest absolute Gasteiger partial charge is 0.252 e. The predicted octanol–water partition coefficient (Wildman–Crippen LogP) is 3.43. The monoisotopic (exact) mass is 249 g/mol. The molecular weight excluding hydrogens is 237 g/mol. The first-order chi connectivity index (χ1) is 8.15. The zero-order chi connectivity index (χ0) is 12.3. The first-order valence-electron chi connectivity index (χ1n) is 5.13. The molecule has 0 radical (unpaired) electrons. The Hall–Kier alpha value is -1.75. The van der Waals surface area contributed by atoms with E-state index in [9.17, 15) is 4.39 Å². The first kappa shape index (κ1) is 11.7. The van der Waals surface area contributed by atoms with Crippen LogP contribution in [0.4, 0.5) is 9.52 Å². The summed E-state index contributed by atoms with van der Waals surface area (Å²) in [7, 11) is 0. The second kappa shape index (κ2) is 5.05. The molecule has 0 aliphatic rings. The average molecular weight is 249 g/mol. The molecule has 5 heteroatoms. The highest BCUT2D eigenvalue weighted by atomic mass is 32.1.